The van der Waals surface area contributed by atoms with Gasteiger partial charge in [0.2, 0.25) is 0 Å². The molecule has 1 aliphatic carbocycles. The van der Waals surface area contributed by atoms with Crippen LogP contribution in [0.15, 0.2) is 0 Å². The summed E-state index contributed by atoms with van der Waals surface area (Å²) < 4.78 is 4.85. The van der Waals surface area contributed by atoms with Crippen molar-refractivity contribution < 1.29 is 9.53 Å². The van der Waals surface area contributed by atoms with Crippen LogP contribution in [0.2, 0.25) is 0 Å². The molecule has 2 atom stereocenters. The van der Waals surface area contributed by atoms with Crippen molar-refractivity contribution in [2.75, 3.05) is 21.2 Å². The first-order valence-corrected chi connectivity index (χ1v) is 4.77. The minimum absolute atomic E-state index is 0.0660. The van der Waals surface area contributed by atoms with Crippen LogP contribution in [0.1, 0.15) is 26.2 Å². The van der Waals surface area contributed by atoms with Crippen LogP contribution in [0.4, 0.5) is 0 Å². The number of carbonyl (C=O) groups excluding carboxylic acids is 1. The highest BCUT2D eigenvalue weighted by atomic mass is 16.5. The molecule has 0 saturated heterocycles. The number of rotatable bonds is 2. The second-order valence-corrected chi connectivity index (χ2v) is 4.28. The van der Waals surface area contributed by atoms with Gasteiger partial charge in [0.25, 0.3) is 0 Å². The molecule has 0 heterocycles. The van der Waals surface area contributed by atoms with Crippen LogP contribution in [0, 0.1) is 5.41 Å². The molecule has 0 aromatic carbocycles. The van der Waals surface area contributed by atoms with Crippen molar-refractivity contribution in [1.29, 1.82) is 0 Å². The van der Waals surface area contributed by atoms with Crippen LogP contribution < -0.4 is 0 Å². The number of nitrogens with zero attached hydrogens (tertiary/aromatic N) is 1. The molecule has 0 aliphatic heterocycles. The molecular weight excluding hydrogens is 166 g/mol. The summed E-state index contributed by atoms with van der Waals surface area (Å²) in [5.74, 6) is -0.0660. The predicted octanol–water partition coefficient (Wildman–Crippen LogP) is 1.28. The number of methoxy groups -OCH3 is 1. The molecule has 76 valence electrons. The summed E-state index contributed by atoms with van der Waals surface area (Å²) in [6.45, 7) is 2.01. The molecule has 0 radical (unpaired) electrons. The van der Waals surface area contributed by atoms with E-state index in [-0.39, 0.29) is 11.4 Å². The van der Waals surface area contributed by atoms with Crippen LogP contribution >= 0.6 is 0 Å². The average molecular weight is 185 g/mol. The van der Waals surface area contributed by atoms with Gasteiger partial charge < -0.3 is 9.64 Å². The number of esters is 1. The Bertz CT molecular complexity index is 203. The van der Waals surface area contributed by atoms with Gasteiger partial charge in [-0.25, -0.2) is 0 Å². The number of ether oxygens (including phenoxy) is 1. The van der Waals surface area contributed by atoms with E-state index < -0.39 is 0 Å². The lowest BCUT2D eigenvalue weighted by Gasteiger charge is -2.33. The topological polar surface area (TPSA) is 29.5 Å². The second-order valence-electron chi connectivity index (χ2n) is 4.28. The molecular formula is C10H19NO2. The van der Waals surface area contributed by atoms with Crippen molar-refractivity contribution in [2.24, 2.45) is 5.41 Å². The summed E-state index contributed by atoms with van der Waals surface area (Å²) in [6, 6.07) is 0.333. The number of hydrogen-bond donors (Lipinski definition) is 0. The maximum atomic E-state index is 11.6. The van der Waals surface area contributed by atoms with Crippen LogP contribution in [-0.4, -0.2) is 38.1 Å². The maximum absolute atomic E-state index is 11.6. The molecule has 0 aromatic rings. The van der Waals surface area contributed by atoms with Crippen molar-refractivity contribution in [3.8, 4) is 0 Å². The molecule has 3 nitrogen and oxygen atoms in total. The van der Waals surface area contributed by atoms with Gasteiger partial charge in [-0.05, 0) is 33.9 Å². The summed E-state index contributed by atoms with van der Waals surface area (Å²) in [4.78, 5) is 13.7. The molecule has 0 amide bonds. The zero-order valence-electron chi connectivity index (χ0n) is 8.96. The first-order valence-electron chi connectivity index (χ1n) is 4.77. The number of hydrogen-bond acceptors (Lipinski definition) is 3. The minimum atomic E-state index is -0.293. The number of carbonyl (C=O) groups is 1. The Hall–Kier alpha value is -0.570. The Morgan fingerprint density at radius 3 is 2.62 bits per heavy atom. The monoisotopic (exact) mass is 185 g/mol. The van der Waals surface area contributed by atoms with Gasteiger partial charge >= 0.3 is 5.97 Å². The second kappa shape index (κ2) is 3.66. The van der Waals surface area contributed by atoms with Gasteiger partial charge in [-0.3, -0.25) is 4.79 Å². The minimum Gasteiger partial charge on any atom is -0.469 e. The van der Waals surface area contributed by atoms with Crippen LogP contribution in [0.3, 0.4) is 0 Å². The summed E-state index contributed by atoms with van der Waals surface area (Å²) >= 11 is 0. The van der Waals surface area contributed by atoms with Gasteiger partial charge in [-0.15, -0.1) is 0 Å². The normalized spacial score (nSPS) is 33.8. The lowest BCUT2D eigenvalue weighted by atomic mass is 9.84. The van der Waals surface area contributed by atoms with E-state index in [1.54, 1.807) is 0 Å². The third-order valence-electron chi connectivity index (χ3n) is 3.18. The first kappa shape index (κ1) is 10.5. The fourth-order valence-electron chi connectivity index (χ4n) is 2.45. The Morgan fingerprint density at radius 2 is 2.15 bits per heavy atom. The first-order chi connectivity index (χ1) is 6.02. The van der Waals surface area contributed by atoms with Gasteiger partial charge in [0.15, 0.2) is 0 Å². The highest BCUT2D eigenvalue weighted by molar-refractivity contribution is 5.77. The average Bonchev–Trinajstić information content (AvgIpc) is 2.47. The maximum Gasteiger partial charge on any atom is 0.313 e. The largest absolute Gasteiger partial charge is 0.469 e. The Kier molecular flexibility index (Phi) is 2.96. The fourth-order valence-corrected chi connectivity index (χ4v) is 2.45. The molecule has 0 bridgehead atoms. The van der Waals surface area contributed by atoms with Crippen molar-refractivity contribution >= 4 is 5.97 Å². The van der Waals surface area contributed by atoms with Gasteiger partial charge in [0.1, 0.15) is 0 Å². The van der Waals surface area contributed by atoms with E-state index in [4.69, 9.17) is 4.74 Å². The van der Waals surface area contributed by atoms with Gasteiger partial charge in [0, 0.05) is 6.04 Å². The molecule has 13 heavy (non-hydrogen) atoms. The molecule has 3 heteroatoms. The summed E-state index contributed by atoms with van der Waals surface area (Å²) in [6.07, 6.45) is 3.16. The summed E-state index contributed by atoms with van der Waals surface area (Å²) in [5.41, 5.74) is -0.293. The van der Waals surface area contributed by atoms with Gasteiger partial charge in [-0.2, -0.15) is 0 Å². The standard InChI is InChI=1S/C10H19NO2/c1-10(9(12)13-4)7-5-6-8(10)11(2)3/h8H,5-7H2,1-4H3. The summed E-state index contributed by atoms with van der Waals surface area (Å²) in [7, 11) is 5.52. The van der Waals surface area contributed by atoms with E-state index in [1.165, 1.54) is 7.11 Å². The Balaban J connectivity index is 2.81. The Labute approximate surface area is 80.1 Å². The molecule has 1 fully saturated rings. The molecule has 0 N–H and O–H groups in total. The van der Waals surface area contributed by atoms with E-state index in [9.17, 15) is 4.79 Å². The lowest BCUT2D eigenvalue weighted by Crippen LogP contribution is -2.44. The highest BCUT2D eigenvalue weighted by Crippen LogP contribution is 2.41. The van der Waals surface area contributed by atoms with Crippen LogP contribution in [0.5, 0.6) is 0 Å². The van der Waals surface area contributed by atoms with E-state index >= 15 is 0 Å². The molecule has 0 aromatic heterocycles. The van der Waals surface area contributed by atoms with E-state index in [2.05, 4.69) is 4.90 Å². The Morgan fingerprint density at radius 1 is 1.54 bits per heavy atom. The molecule has 1 rings (SSSR count). The third-order valence-corrected chi connectivity index (χ3v) is 3.18. The summed E-state index contributed by atoms with van der Waals surface area (Å²) in [5, 5.41) is 0. The van der Waals surface area contributed by atoms with Crippen molar-refractivity contribution in [3.63, 3.8) is 0 Å². The fraction of sp³-hybridized carbons (Fsp3) is 0.900. The molecule has 0 spiro atoms. The molecule has 1 aliphatic rings. The zero-order chi connectivity index (χ0) is 10.1. The quantitative estimate of drug-likeness (QED) is 0.607. The zero-order valence-corrected chi connectivity index (χ0v) is 8.96. The van der Waals surface area contributed by atoms with E-state index in [0.29, 0.717) is 6.04 Å². The van der Waals surface area contributed by atoms with Crippen LogP contribution in [-0.2, 0) is 9.53 Å². The van der Waals surface area contributed by atoms with Crippen molar-refractivity contribution in [3.05, 3.63) is 0 Å². The van der Waals surface area contributed by atoms with E-state index in [1.807, 2.05) is 21.0 Å². The smallest absolute Gasteiger partial charge is 0.313 e. The lowest BCUT2D eigenvalue weighted by molar-refractivity contribution is -0.154. The third kappa shape index (κ3) is 1.70. The molecule has 1 saturated carbocycles. The van der Waals surface area contributed by atoms with Gasteiger partial charge in [0.05, 0.1) is 12.5 Å². The van der Waals surface area contributed by atoms with E-state index in [0.717, 1.165) is 19.3 Å². The highest BCUT2D eigenvalue weighted by Gasteiger charge is 2.46. The van der Waals surface area contributed by atoms with Crippen LogP contribution in [0.25, 0.3) is 0 Å². The van der Waals surface area contributed by atoms with Gasteiger partial charge in [-0.1, -0.05) is 6.42 Å². The van der Waals surface area contributed by atoms with Crippen molar-refractivity contribution in [2.45, 2.75) is 32.2 Å². The molecule has 2 unspecified atom stereocenters. The SMILES string of the molecule is COC(=O)C1(C)CCCC1N(C)C. The van der Waals surface area contributed by atoms with Crippen molar-refractivity contribution in [1.82, 2.24) is 4.90 Å². The predicted molar refractivity (Wildman–Crippen MR) is 51.4 cm³/mol.